The first-order valence-corrected chi connectivity index (χ1v) is 10.3. The Kier molecular flexibility index (Phi) is 4.65. The molecule has 3 aromatic rings. The van der Waals surface area contributed by atoms with Crippen LogP contribution in [0.5, 0.6) is 0 Å². The summed E-state index contributed by atoms with van der Waals surface area (Å²) in [6, 6.07) is 18.7. The van der Waals surface area contributed by atoms with Gasteiger partial charge in [-0.15, -0.1) is 0 Å². The van der Waals surface area contributed by atoms with Gasteiger partial charge in [-0.05, 0) is 61.5 Å². The van der Waals surface area contributed by atoms with E-state index in [0.717, 1.165) is 0 Å². The van der Waals surface area contributed by atoms with Crippen molar-refractivity contribution in [2.75, 3.05) is 5.01 Å². The van der Waals surface area contributed by atoms with Crippen LogP contribution in [0.15, 0.2) is 86.7 Å². The Labute approximate surface area is 167 Å². The number of primary sulfonamides is 1. The average molecular weight is 407 g/mol. The lowest BCUT2D eigenvalue weighted by molar-refractivity contribution is -0.114. The van der Waals surface area contributed by atoms with Crippen LogP contribution >= 0.6 is 0 Å². The number of nitrogens with two attached hydrogens (primary N) is 1. The van der Waals surface area contributed by atoms with Crippen molar-refractivity contribution in [2.45, 2.75) is 11.8 Å². The lowest BCUT2D eigenvalue weighted by Crippen LogP contribution is -2.21. The fourth-order valence-corrected chi connectivity index (χ4v) is 3.48. The van der Waals surface area contributed by atoms with Crippen molar-refractivity contribution < 1.29 is 17.6 Å². The molecule has 0 unspecified atom stereocenters. The van der Waals surface area contributed by atoms with Gasteiger partial charge in [-0.3, -0.25) is 4.79 Å². The van der Waals surface area contributed by atoms with Crippen LogP contribution in [-0.2, 0) is 14.8 Å². The number of amides is 1. The molecular weight excluding hydrogens is 390 g/mol. The number of sulfonamides is 1. The highest BCUT2D eigenvalue weighted by molar-refractivity contribution is 7.89. The van der Waals surface area contributed by atoms with Gasteiger partial charge >= 0.3 is 0 Å². The number of para-hydroxylation sites is 1. The molecule has 2 N–H and O–H groups in total. The minimum absolute atomic E-state index is 0.0274. The van der Waals surface area contributed by atoms with E-state index < -0.39 is 10.0 Å². The van der Waals surface area contributed by atoms with Crippen LogP contribution in [0.3, 0.4) is 0 Å². The van der Waals surface area contributed by atoms with Crippen LogP contribution in [0.4, 0.5) is 5.69 Å². The molecule has 2 heterocycles. The summed E-state index contributed by atoms with van der Waals surface area (Å²) in [5.41, 5.74) is 2.42. The minimum atomic E-state index is -3.75. The summed E-state index contributed by atoms with van der Waals surface area (Å²) < 4.78 is 28.5. The zero-order valence-electron chi connectivity index (χ0n) is 15.4. The third kappa shape index (κ3) is 3.75. The average Bonchev–Trinajstić information content (AvgIpc) is 3.28. The largest absolute Gasteiger partial charge is 0.457 e. The molecule has 1 aromatic heterocycles. The maximum atomic E-state index is 12.8. The molecule has 7 nitrogen and oxygen atoms in total. The van der Waals surface area contributed by atoms with Crippen LogP contribution in [0.2, 0.25) is 0 Å². The normalized spacial score (nSPS) is 15.8. The number of hydrogen-bond acceptors (Lipinski definition) is 5. The standard InChI is InChI=1S/C21H17N3O4S/c1-14-19(21(25)24(23-14)16-5-3-2-4-6-16)13-17-9-12-20(28-17)15-7-10-18(11-8-15)29(22,26)27/h2-13H,1H3,(H2,22,26,27)/b19-13-. The number of anilines is 1. The first-order chi connectivity index (χ1) is 13.8. The Hall–Kier alpha value is -3.49. The Balaban J connectivity index is 1.60. The molecule has 0 saturated heterocycles. The maximum Gasteiger partial charge on any atom is 0.280 e. The molecule has 2 aromatic carbocycles. The fourth-order valence-electron chi connectivity index (χ4n) is 2.97. The Bertz CT molecular complexity index is 1240. The Morgan fingerprint density at radius 2 is 1.69 bits per heavy atom. The molecule has 0 saturated carbocycles. The zero-order valence-corrected chi connectivity index (χ0v) is 16.3. The van der Waals surface area contributed by atoms with Crippen molar-refractivity contribution in [3.8, 4) is 11.3 Å². The lowest BCUT2D eigenvalue weighted by atomic mass is 10.1. The van der Waals surface area contributed by atoms with Crippen molar-refractivity contribution in [1.29, 1.82) is 0 Å². The molecule has 1 amide bonds. The Morgan fingerprint density at radius 3 is 2.34 bits per heavy atom. The summed E-state index contributed by atoms with van der Waals surface area (Å²) >= 11 is 0. The molecule has 0 fully saturated rings. The number of carbonyl (C=O) groups is 1. The Morgan fingerprint density at radius 1 is 1.00 bits per heavy atom. The van der Waals surface area contributed by atoms with E-state index in [-0.39, 0.29) is 10.8 Å². The van der Waals surface area contributed by atoms with Gasteiger partial charge < -0.3 is 4.42 Å². The summed E-state index contributed by atoms with van der Waals surface area (Å²) in [5.74, 6) is 0.797. The fraction of sp³-hybridized carbons (Fsp3) is 0.0476. The van der Waals surface area contributed by atoms with Gasteiger partial charge in [-0.1, -0.05) is 18.2 Å². The molecule has 146 valence electrons. The van der Waals surface area contributed by atoms with Gasteiger partial charge in [0.05, 0.1) is 21.9 Å². The third-order valence-corrected chi connectivity index (χ3v) is 5.37. The summed E-state index contributed by atoms with van der Waals surface area (Å²) in [6.07, 6.45) is 1.65. The molecule has 0 aliphatic carbocycles. The van der Waals surface area contributed by atoms with Crippen LogP contribution in [-0.4, -0.2) is 20.0 Å². The van der Waals surface area contributed by atoms with Gasteiger partial charge in [-0.2, -0.15) is 10.1 Å². The van der Waals surface area contributed by atoms with Crippen LogP contribution in [0, 0.1) is 0 Å². The van der Waals surface area contributed by atoms with Gasteiger partial charge in [0.1, 0.15) is 11.5 Å². The van der Waals surface area contributed by atoms with Crippen molar-refractivity contribution in [1.82, 2.24) is 0 Å². The lowest BCUT2D eigenvalue weighted by Gasteiger charge is -2.10. The number of rotatable bonds is 4. The second-order valence-corrected chi connectivity index (χ2v) is 8.03. The monoisotopic (exact) mass is 407 g/mol. The number of carbonyl (C=O) groups excluding carboxylic acids is 1. The molecule has 1 aliphatic heterocycles. The van der Waals surface area contributed by atoms with E-state index in [1.165, 1.54) is 17.1 Å². The summed E-state index contributed by atoms with van der Waals surface area (Å²) in [4.78, 5) is 12.8. The van der Waals surface area contributed by atoms with Gasteiger partial charge in [0.2, 0.25) is 10.0 Å². The maximum absolute atomic E-state index is 12.8. The van der Waals surface area contributed by atoms with Gasteiger partial charge in [0, 0.05) is 5.56 Å². The predicted molar refractivity (Wildman–Crippen MR) is 111 cm³/mol. The van der Waals surface area contributed by atoms with Gasteiger partial charge in [-0.25, -0.2) is 13.6 Å². The smallest absolute Gasteiger partial charge is 0.280 e. The number of hydrogen-bond donors (Lipinski definition) is 1. The van der Waals surface area contributed by atoms with Crippen LogP contribution < -0.4 is 10.1 Å². The SMILES string of the molecule is CC1=NN(c2ccccc2)C(=O)/C1=C\c1ccc(-c2ccc(S(N)(=O)=O)cc2)o1. The van der Waals surface area contributed by atoms with Crippen molar-refractivity contribution in [3.05, 3.63) is 78.1 Å². The quantitative estimate of drug-likeness (QED) is 0.669. The highest BCUT2D eigenvalue weighted by atomic mass is 32.2. The number of nitrogens with zero attached hydrogens (tertiary/aromatic N) is 2. The summed E-state index contributed by atoms with van der Waals surface area (Å²) in [6.45, 7) is 1.77. The third-order valence-electron chi connectivity index (χ3n) is 4.44. The van der Waals surface area contributed by atoms with Crippen molar-refractivity contribution in [3.63, 3.8) is 0 Å². The molecular formula is C21H17N3O4S. The van der Waals surface area contributed by atoms with E-state index in [1.807, 2.05) is 30.3 Å². The van der Waals surface area contributed by atoms with Gasteiger partial charge in [0.15, 0.2) is 0 Å². The molecule has 0 radical (unpaired) electrons. The first kappa shape index (κ1) is 18.9. The highest BCUT2D eigenvalue weighted by Crippen LogP contribution is 2.28. The number of furan rings is 1. The molecule has 29 heavy (non-hydrogen) atoms. The molecule has 1 aliphatic rings. The first-order valence-electron chi connectivity index (χ1n) is 8.73. The summed E-state index contributed by atoms with van der Waals surface area (Å²) in [5, 5.41) is 10.8. The van der Waals surface area contributed by atoms with E-state index in [9.17, 15) is 13.2 Å². The van der Waals surface area contributed by atoms with E-state index in [0.29, 0.717) is 34.1 Å². The second kappa shape index (κ2) is 7.16. The number of benzene rings is 2. The van der Waals surface area contributed by atoms with E-state index in [2.05, 4.69) is 5.10 Å². The molecule has 4 rings (SSSR count). The molecule has 0 spiro atoms. The van der Waals surface area contributed by atoms with E-state index in [4.69, 9.17) is 9.56 Å². The van der Waals surface area contributed by atoms with Crippen molar-refractivity contribution >= 4 is 33.4 Å². The number of hydrazone groups is 1. The molecule has 8 heteroatoms. The summed E-state index contributed by atoms with van der Waals surface area (Å²) in [7, 11) is -3.75. The molecule has 0 atom stereocenters. The predicted octanol–water partition coefficient (Wildman–Crippen LogP) is 3.40. The van der Waals surface area contributed by atoms with Crippen molar-refractivity contribution in [2.24, 2.45) is 10.2 Å². The van der Waals surface area contributed by atoms with Crippen LogP contribution in [0.25, 0.3) is 17.4 Å². The molecule has 0 bridgehead atoms. The van der Waals surface area contributed by atoms with E-state index in [1.54, 1.807) is 37.3 Å². The zero-order chi connectivity index (χ0) is 20.6. The highest BCUT2D eigenvalue weighted by Gasteiger charge is 2.28. The topological polar surface area (TPSA) is 106 Å². The van der Waals surface area contributed by atoms with Crippen LogP contribution in [0.1, 0.15) is 12.7 Å². The minimum Gasteiger partial charge on any atom is -0.457 e. The van der Waals surface area contributed by atoms with Gasteiger partial charge in [0.25, 0.3) is 5.91 Å². The van der Waals surface area contributed by atoms with E-state index >= 15 is 0 Å². The second-order valence-electron chi connectivity index (χ2n) is 6.47.